The van der Waals surface area contributed by atoms with Crippen LogP contribution in [0.15, 0.2) is 30.3 Å². The molecule has 5 nitrogen and oxygen atoms in total. The summed E-state index contributed by atoms with van der Waals surface area (Å²) in [5, 5.41) is 0. The third-order valence-electron chi connectivity index (χ3n) is 2.80. The molecule has 0 radical (unpaired) electrons. The standard InChI is InChI=1S/C15H22N2O3/c1-4-20-15(19)12-16(2)11-14(18)17(3)10-13-8-6-5-7-9-13/h5-9H,4,10-12H2,1-3H3. The van der Waals surface area contributed by atoms with Crippen LogP contribution in [0.25, 0.3) is 0 Å². The average Bonchev–Trinajstić information content (AvgIpc) is 2.39. The Morgan fingerprint density at radius 3 is 2.35 bits per heavy atom. The van der Waals surface area contributed by atoms with Gasteiger partial charge in [0.1, 0.15) is 0 Å². The van der Waals surface area contributed by atoms with Crippen LogP contribution in [0.3, 0.4) is 0 Å². The Bertz CT molecular complexity index is 434. The first-order valence-electron chi connectivity index (χ1n) is 6.65. The third-order valence-corrected chi connectivity index (χ3v) is 2.80. The number of esters is 1. The van der Waals surface area contributed by atoms with Gasteiger partial charge in [0.25, 0.3) is 0 Å². The zero-order chi connectivity index (χ0) is 15.0. The molecule has 0 N–H and O–H groups in total. The summed E-state index contributed by atoms with van der Waals surface area (Å²) in [7, 11) is 3.48. The van der Waals surface area contributed by atoms with Crippen molar-refractivity contribution in [2.24, 2.45) is 0 Å². The quantitative estimate of drug-likeness (QED) is 0.702. The van der Waals surface area contributed by atoms with Gasteiger partial charge in [-0.15, -0.1) is 0 Å². The van der Waals surface area contributed by atoms with E-state index in [1.165, 1.54) is 0 Å². The summed E-state index contributed by atoms with van der Waals surface area (Å²) in [5.74, 6) is -0.339. The largest absolute Gasteiger partial charge is 0.465 e. The molecule has 0 fully saturated rings. The van der Waals surface area contributed by atoms with E-state index >= 15 is 0 Å². The average molecular weight is 278 g/mol. The number of amides is 1. The second-order valence-electron chi connectivity index (χ2n) is 4.71. The van der Waals surface area contributed by atoms with Gasteiger partial charge in [0.15, 0.2) is 0 Å². The fourth-order valence-electron chi connectivity index (χ4n) is 1.78. The highest BCUT2D eigenvalue weighted by molar-refractivity contribution is 5.79. The molecule has 0 saturated heterocycles. The molecule has 1 aromatic carbocycles. The Balaban J connectivity index is 2.39. The van der Waals surface area contributed by atoms with Gasteiger partial charge in [-0.1, -0.05) is 30.3 Å². The maximum atomic E-state index is 12.0. The molecule has 0 saturated carbocycles. The van der Waals surface area contributed by atoms with Crippen LogP contribution in [0.4, 0.5) is 0 Å². The van der Waals surface area contributed by atoms with Gasteiger partial charge >= 0.3 is 5.97 Å². The topological polar surface area (TPSA) is 49.9 Å². The smallest absolute Gasteiger partial charge is 0.320 e. The van der Waals surface area contributed by atoms with Gasteiger partial charge in [-0.2, -0.15) is 0 Å². The molecule has 0 spiro atoms. The van der Waals surface area contributed by atoms with Gasteiger partial charge in [-0.25, -0.2) is 0 Å². The Morgan fingerprint density at radius 2 is 1.75 bits per heavy atom. The molecule has 0 aliphatic heterocycles. The minimum Gasteiger partial charge on any atom is -0.465 e. The maximum absolute atomic E-state index is 12.0. The zero-order valence-corrected chi connectivity index (χ0v) is 12.3. The summed E-state index contributed by atoms with van der Waals surface area (Å²) in [4.78, 5) is 26.6. The number of nitrogens with zero attached hydrogens (tertiary/aromatic N) is 2. The number of carbonyl (C=O) groups excluding carboxylic acids is 2. The van der Waals surface area contributed by atoms with Crippen molar-refractivity contribution in [3.05, 3.63) is 35.9 Å². The number of hydrogen-bond acceptors (Lipinski definition) is 4. The van der Waals surface area contributed by atoms with Crippen LogP contribution in [0.2, 0.25) is 0 Å². The van der Waals surface area contributed by atoms with E-state index in [4.69, 9.17) is 4.74 Å². The van der Waals surface area contributed by atoms with Crippen molar-refractivity contribution >= 4 is 11.9 Å². The molecule has 5 heteroatoms. The zero-order valence-electron chi connectivity index (χ0n) is 12.3. The molecule has 110 valence electrons. The van der Waals surface area contributed by atoms with E-state index in [2.05, 4.69) is 0 Å². The normalized spacial score (nSPS) is 10.4. The summed E-state index contributed by atoms with van der Waals surface area (Å²) in [6.45, 7) is 3.00. The van der Waals surface area contributed by atoms with E-state index in [1.807, 2.05) is 30.3 Å². The van der Waals surface area contributed by atoms with E-state index in [-0.39, 0.29) is 25.0 Å². The summed E-state index contributed by atoms with van der Waals surface area (Å²) in [5.41, 5.74) is 1.08. The van der Waals surface area contributed by atoms with Crippen LogP contribution in [-0.2, 0) is 20.9 Å². The molecular weight excluding hydrogens is 256 g/mol. The first-order chi connectivity index (χ1) is 9.52. The van der Waals surface area contributed by atoms with Crippen LogP contribution in [-0.4, -0.2) is 55.5 Å². The van der Waals surface area contributed by atoms with Crippen molar-refractivity contribution in [3.63, 3.8) is 0 Å². The van der Waals surface area contributed by atoms with Gasteiger partial charge in [0, 0.05) is 13.6 Å². The van der Waals surface area contributed by atoms with Crippen molar-refractivity contribution in [2.75, 3.05) is 33.8 Å². The predicted molar refractivity (Wildman–Crippen MR) is 77.0 cm³/mol. The highest BCUT2D eigenvalue weighted by Gasteiger charge is 2.14. The van der Waals surface area contributed by atoms with E-state index in [9.17, 15) is 9.59 Å². The molecule has 0 atom stereocenters. The van der Waals surface area contributed by atoms with E-state index in [0.29, 0.717) is 13.2 Å². The van der Waals surface area contributed by atoms with E-state index < -0.39 is 0 Å². The summed E-state index contributed by atoms with van der Waals surface area (Å²) in [6.07, 6.45) is 0. The first kappa shape index (κ1) is 16.2. The molecule has 1 amide bonds. The first-order valence-corrected chi connectivity index (χ1v) is 6.65. The summed E-state index contributed by atoms with van der Waals surface area (Å²) >= 11 is 0. The van der Waals surface area contributed by atoms with E-state index in [0.717, 1.165) is 5.56 Å². The maximum Gasteiger partial charge on any atom is 0.320 e. The molecule has 0 aromatic heterocycles. The molecule has 1 rings (SSSR count). The summed E-state index contributed by atoms with van der Waals surface area (Å²) in [6, 6.07) is 9.79. The lowest BCUT2D eigenvalue weighted by Crippen LogP contribution is -2.38. The van der Waals surface area contributed by atoms with Crippen LogP contribution < -0.4 is 0 Å². The predicted octanol–water partition coefficient (Wildman–Crippen LogP) is 1.14. The van der Waals surface area contributed by atoms with Crippen molar-refractivity contribution in [3.8, 4) is 0 Å². The number of rotatable bonds is 7. The lowest BCUT2D eigenvalue weighted by Gasteiger charge is -2.21. The van der Waals surface area contributed by atoms with Crippen LogP contribution >= 0.6 is 0 Å². The van der Waals surface area contributed by atoms with Gasteiger partial charge in [0.05, 0.1) is 19.7 Å². The van der Waals surface area contributed by atoms with Crippen LogP contribution in [0, 0.1) is 0 Å². The molecule has 0 unspecified atom stereocenters. The second-order valence-corrected chi connectivity index (χ2v) is 4.71. The molecule has 20 heavy (non-hydrogen) atoms. The Kier molecular flexibility index (Phi) is 6.73. The van der Waals surface area contributed by atoms with Gasteiger partial charge < -0.3 is 9.64 Å². The van der Waals surface area contributed by atoms with Crippen molar-refractivity contribution in [1.29, 1.82) is 0 Å². The number of benzene rings is 1. The molecular formula is C15H22N2O3. The minimum atomic E-state index is -0.312. The highest BCUT2D eigenvalue weighted by atomic mass is 16.5. The summed E-state index contributed by atoms with van der Waals surface area (Å²) < 4.78 is 4.84. The minimum absolute atomic E-state index is 0.0272. The van der Waals surface area contributed by atoms with Crippen molar-refractivity contribution in [1.82, 2.24) is 9.80 Å². The molecule has 0 bridgehead atoms. The Hall–Kier alpha value is -1.88. The number of hydrogen-bond donors (Lipinski definition) is 0. The lowest BCUT2D eigenvalue weighted by atomic mass is 10.2. The fraction of sp³-hybridized carbons (Fsp3) is 0.467. The number of likely N-dealkylation sites (N-methyl/N-ethyl adjacent to an activating group) is 2. The SMILES string of the molecule is CCOC(=O)CN(C)CC(=O)N(C)Cc1ccccc1. The monoisotopic (exact) mass is 278 g/mol. The van der Waals surface area contributed by atoms with Crippen LogP contribution in [0.5, 0.6) is 0 Å². The van der Waals surface area contributed by atoms with E-state index in [1.54, 1.807) is 30.8 Å². The molecule has 0 aliphatic rings. The van der Waals surface area contributed by atoms with Crippen molar-refractivity contribution in [2.45, 2.75) is 13.5 Å². The number of ether oxygens (including phenoxy) is 1. The highest BCUT2D eigenvalue weighted by Crippen LogP contribution is 2.03. The number of carbonyl (C=O) groups is 2. The second kappa shape index (κ2) is 8.32. The molecule has 0 heterocycles. The van der Waals surface area contributed by atoms with Gasteiger partial charge in [-0.05, 0) is 19.5 Å². The van der Waals surface area contributed by atoms with Gasteiger partial charge in [0.2, 0.25) is 5.91 Å². The molecule has 1 aromatic rings. The Morgan fingerprint density at radius 1 is 1.10 bits per heavy atom. The van der Waals surface area contributed by atoms with Crippen molar-refractivity contribution < 1.29 is 14.3 Å². The fourth-order valence-corrected chi connectivity index (χ4v) is 1.78. The van der Waals surface area contributed by atoms with Gasteiger partial charge in [-0.3, -0.25) is 14.5 Å². The molecule has 0 aliphatic carbocycles. The Labute approximate surface area is 120 Å². The van der Waals surface area contributed by atoms with Crippen LogP contribution in [0.1, 0.15) is 12.5 Å². The third kappa shape index (κ3) is 5.84. The lowest BCUT2D eigenvalue weighted by molar-refractivity contribution is -0.144.